The van der Waals surface area contributed by atoms with Gasteiger partial charge in [0.25, 0.3) is 0 Å². The van der Waals surface area contributed by atoms with Crippen LogP contribution in [0, 0.1) is 5.92 Å². The molecule has 0 spiro atoms. The molecule has 0 bridgehead atoms. The molecular weight excluding hydrogens is 278 g/mol. The van der Waals surface area contributed by atoms with Gasteiger partial charge in [-0.2, -0.15) is 0 Å². The van der Waals surface area contributed by atoms with Crippen molar-refractivity contribution in [2.45, 2.75) is 71.0 Å². The fourth-order valence-corrected chi connectivity index (χ4v) is 4.24. The van der Waals surface area contributed by atoms with Crippen LogP contribution >= 0.6 is 11.3 Å². The minimum atomic E-state index is 0.166. The first kappa shape index (κ1) is 15.4. The monoisotopic (exact) mass is 307 g/mol. The first-order chi connectivity index (χ1) is 9.97. The van der Waals surface area contributed by atoms with Gasteiger partial charge < -0.3 is 5.32 Å². The van der Waals surface area contributed by atoms with Crippen molar-refractivity contribution in [3.05, 3.63) is 16.1 Å². The smallest absolute Gasteiger partial charge is 0.107 e. The number of hydrogen-bond donors (Lipinski definition) is 1. The lowest BCUT2D eigenvalue weighted by Crippen LogP contribution is -2.56. The third kappa shape index (κ3) is 3.66. The largest absolute Gasteiger partial charge is 0.311 e. The summed E-state index contributed by atoms with van der Waals surface area (Å²) in [5.74, 6) is 0.937. The van der Waals surface area contributed by atoms with E-state index in [1.807, 2.05) is 11.3 Å². The van der Waals surface area contributed by atoms with Gasteiger partial charge in [-0.15, -0.1) is 11.3 Å². The van der Waals surface area contributed by atoms with Crippen LogP contribution in [0.2, 0.25) is 0 Å². The molecule has 1 aromatic heterocycles. The van der Waals surface area contributed by atoms with E-state index in [-0.39, 0.29) is 5.41 Å². The van der Waals surface area contributed by atoms with E-state index in [1.165, 1.54) is 36.5 Å². The summed E-state index contributed by atoms with van der Waals surface area (Å²) in [6.45, 7) is 12.4. The van der Waals surface area contributed by atoms with Crippen LogP contribution in [0.5, 0.6) is 0 Å². The summed E-state index contributed by atoms with van der Waals surface area (Å²) in [6.07, 6.45) is 4.07. The molecule has 4 heteroatoms. The quantitative estimate of drug-likeness (QED) is 0.924. The second-order valence-electron chi connectivity index (χ2n) is 7.72. The van der Waals surface area contributed by atoms with Crippen molar-refractivity contribution in [2.75, 3.05) is 13.1 Å². The Morgan fingerprint density at radius 1 is 1.38 bits per heavy atom. The van der Waals surface area contributed by atoms with E-state index in [0.29, 0.717) is 6.04 Å². The molecule has 3 rings (SSSR count). The minimum absolute atomic E-state index is 0.166. The molecule has 0 aromatic carbocycles. The lowest BCUT2D eigenvalue weighted by Gasteiger charge is -2.40. The predicted octanol–water partition coefficient (Wildman–Crippen LogP) is 3.40. The summed E-state index contributed by atoms with van der Waals surface area (Å²) in [6, 6.07) is 1.39. The molecule has 3 nitrogen and oxygen atoms in total. The number of rotatable bonds is 4. The van der Waals surface area contributed by atoms with Crippen LogP contribution in [0.25, 0.3) is 0 Å². The average Bonchev–Trinajstić information content (AvgIpc) is 3.17. The molecule has 2 aliphatic rings. The number of thiazole rings is 1. The van der Waals surface area contributed by atoms with Gasteiger partial charge in [0.15, 0.2) is 0 Å². The SMILES string of the molecule is CCC1CNC(C2CC2)CN1Cc1nc(C(C)(C)C)cs1. The summed E-state index contributed by atoms with van der Waals surface area (Å²) >= 11 is 1.83. The van der Waals surface area contributed by atoms with E-state index in [0.717, 1.165) is 25.0 Å². The summed E-state index contributed by atoms with van der Waals surface area (Å²) in [4.78, 5) is 7.56. The summed E-state index contributed by atoms with van der Waals surface area (Å²) in [5.41, 5.74) is 1.41. The maximum Gasteiger partial charge on any atom is 0.107 e. The predicted molar refractivity (Wildman–Crippen MR) is 89.8 cm³/mol. The van der Waals surface area contributed by atoms with Crippen LogP contribution in [0.1, 0.15) is 57.7 Å². The van der Waals surface area contributed by atoms with E-state index in [4.69, 9.17) is 4.98 Å². The second-order valence-corrected chi connectivity index (χ2v) is 8.66. The Kier molecular flexibility index (Phi) is 4.40. The third-order valence-electron chi connectivity index (χ3n) is 4.88. The lowest BCUT2D eigenvalue weighted by atomic mass is 9.93. The molecule has 2 unspecified atom stereocenters. The minimum Gasteiger partial charge on any atom is -0.311 e. The number of aromatic nitrogens is 1. The van der Waals surface area contributed by atoms with Crippen molar-refractivity contribution in [1.82, 2.24) is 15.2 Å². The maximum absolute atomic E-state index is 4.89. The van der Waals surface area contributed by atoms with Crippen LogP contribution < -0.4 is 5.32 Å². The highest BCUT2D eigenvalue weighted by atomic mass is 32.1. The molecule has 1 saturated carbocycles. The van der Waals surface area contributed by atoms with Crippen molar-refractivity contribution in [3.8, 4) is 0 Å². The van der Waals surface area contributed by atoms with Crippen molar-refractivity contribution < 1.29 is 0 Å². The third-order valence-corrected chi connectivity index (χ3v) is 5.72. The van der Waals surface area contributed by atoms with Crippen molar-refractivity contribution in [3.63, 3.8) is 0 Å². The molecule has 2 atom stereocenters. The van der Waals surface area contributed by atoms with Crippen LogP contribution in [0.15, 0.2) is 5.38 Å². The number of nitrogens with one attached hydrogen (secondary N) is 1. The Labute approximate surface area is 133 Å². The Morgan fingerprint density at radius 2 is 2.14 bits per heavy atom. The molecule has 1 N–H and O–H groups in total. The lowest BCUT2D eigenvalue weighted by molar-refractivity contribution is 0.111. The molecule has 2 heterocycles. The zero-order valence-corrected chi connectivity index (χ0v) is 14.7. The van der Waals surface area contributed by atoms with E-state index >= 15 is 0 Å². The van der Waals surface area contributed by atoms with Gasteiger partial charge in [0.1, 0.15) is 5.01 Å². The van der Waals surface area contributed by atoms with E-state index in [9.17, 15) is 0 Å². The maximum atomic E-state index is 4.89. The second kappa shape index (κ2) is 5.98. The molecule has 1 aromatic rings. The van der Waals surface area contributed by atoms with Crippen LogP contribution in [-0.2, 0) is 12.0 Å². The van der Waals surface area contributed by atoms with Crippen molar-refractivity contribution in [2.24, 2.45) is 5.92 Å². The first-order valence-electron chi connectivity index (χ1n) is 8.39. The fourth-order valence-electron chi connectivity index (χ4n) is 3.20. The molecule has 21 heavy (non-hydrogen) atoms. The Hall–Kier alpha value is -0.450. The summed E-state index contributed by atoms with van der Waals surface area (Å²) in [5, 5.41) is 7.30. The number of piperazine rings is 1. The van der Waals surface area contributed by atoms with Gasteiger partial charge in [-0.3, -0.25) is 4.90 Å². The normalized spacial score (nSPS) is 28.0. The van der Waals surface area contributed by atoms with Gasteiger partial charge in [0.2, 0.25) is 0 Å². The Morgan fingerprint density at radius 3 is 2.71 bits per heavy atom. The van der Waals surface area contributed by atoms with E-state index < -0.39 is 0 Å². The van der Waals surface area contributed by atoms with Crippen LogP contribution in [0.3, 0.4) is 0 Å². The topological polar surface area (TPSA) is 28.2 Å². The zero-order valence-electron chi connectivity index (χ0n) is 13.9. The van der Waals surface area contributed by atoms with Crippen LogP contribution in [0.4, 0.5) is 0 Å². The van der Waals surface area contributed by atoms with Gasteiger partial charge in [-0.1, -0.05) is 27.7 Å². The van der Waals surface area contributed by atoms with Crippen molar-refractivity contribution in [1.29, 1.82) is 0 Å². The van der Waals surface area contributed by atoms with Gasteiger partial charge in [-0.05, 0) is 25.2 Å². The van der Waals surface area contributed by atoms with Gasteiger partial charge in [-0.25, -0.2) is 4.98 Å². The number of nitrogens with zero attached hydrogens (tertiary/aromatic N) is 2. The van der Waals surface area contributed by atoms with Crippen LogP contribution in [-0.4, -0.2) is 35.1 Å². The number of hydrogen-bond acceptors (Lipinski definition) is 4. The summed E-state index contributed by atoms with van der Waals surface area (Å²) < 4.78 is 0. The zero-order chi connectivity index (χ0) is 15.0. The fraction of sp³-hybridized carbons (Fsp3) is 0.824. The van der Waals surface area contributed by atoms with Gasteiger partial charge >= 0.3 is 0 Å². The highest BCUT2D eigenvalue weighted by Crippen LogP contribution is 2.35. The molecular formula is C17H29N3S. The molecule has 1 aliphatic heterocycles. The van der Waals surface area contributed by atoms with E-state index in [1.54, 1.807) is 0 Å². The molecule has 1 saturated heterocycles. The first-order valence-corrected chi connectivity index (χ1v) is 9.27. The molecule has 1 aliphatic carbocycles. The molecule has 118 valence electrons. The Bertz CT molecular complexity index is 473. The average molecular weight is 308 g/mol. The molecule has 0 radical (unpaired) electrons. The molecule has 2 fully saturated rings. The van der Waals surface area contributed by atoms with E-state index in [2.05, 4.69) is 43.3 Å². The Balaban J connectivity index is 1.67. The summed E-state index contributed by atoms with van der Waals surface area (Å²) in [7, 11) is 0. The van der Waals surface area contributed by atoms with Gasteiger partial charge in [0, 0.05) is 36.0 Å². The standard InChI is InChI=1S/C17H29N3S/c1-5-13-8-18-14(12-6-7-12)9-20(13)10-16-19-15(11-21-16)17(2,3)4/h11-14,18H,5-10H2,1-4H3. The highest BCUT2D eigenvalue weighted by Gasteiger charge is 2.36. The highest BCUT2D eigenvalue weighted by molar-refractivity contribution is 7.09. The molecule has 0 amide bonds. The van der Waals surface area contributed by atoms with Gasteiger partial charge in [0.05, 0.1) is 12.2 Å². The van der Waals surface area contributed by atoms with Crippen molar-refractivity contribution >= 4 is 11.3 Å².